The Hall–Kier alpha value is -3.90. The number of anilines is 1. The molecule has 4 aromatic rings. The number of aromatic nitrogens is 4. The minimum absolute atomic E-state index is 0.215. The number of phenols is 2. The minimum atomic E-state index is -0.415. The Kier molecular flexibility index (Phi) is 5.41. The van der Waals surface area contributed by atoms with Crippen LogP contribution in [0.25, 0.3) is 22.3 Å². The summed E-state index contributed by atoms with van der Waals surface area (Å²) >= 11 is 1.40. The van der Waals surface area contributed by atoms with Gasteiger partial charge in [-0.2, -0.15) is 9.78 Å². The van der Waals surface area contributed by atoms with Crippen LogP contribution in [0.4, 0.5) is 10.1 Å². The standard InChI is InChI=1S/C26H24FN7O3S/c27-18-10-16-20(11-21(18)32-7-5-28-6-8-32)33(15-2-3-15)12-17(24(16)37)25-29-30-26-34(25)31-19(13-38-26)14-1-4-22(35)23(36)9-14/h1,4,9-12,15,28,35-36H,2-3,5-8,13H2. The highest BCUT2D eigenvalue weighted by molar-refractivity contribution is 7.99. The summed E-state index contributed by atoms with van der Waals surface area (Å²) in [4.78, 5) is 15.8. The smallest absolute Gasteiger partial charge is 0.212 e. The van der Waals surface area contributed by atoms with Crippen molar-refractivity contribution < 1.29 is 14.6 Å². The third kappa shape index (κ3) is 3.82. The Morgan fingerprint density at radius 2 is 1.87 bits per heavy atom. The van der Waals surface area contributed by atoms with Crippen molar-refractivity contribution in [2.45, 2.75) is 24.0 Å². The van der Waals surface area contributed by atoms with Crippen LogP contribution in [0, 0.1) is 5.82 Å². The zero-order chi connectivity index (χ0) is 26.0. The number of nitrogens with zero attached hydrogens (tertiary/aromatic N) is 6. The van der Waals surface area contributed by atoms with Crippen LogP contribution in [0.5, 0.6) is 11.5 Å². The van der Waals surface area contributed by atoms with Crippen LogP contribution in [0.2, 0.25) is 0 Å². The number of benzene rings is 2. The van der Waals surface area contributed by atoms with Gasteiger partial charge in [-0.05, 0) is 43.2 Å². The number of fused-ring (bicyclic) bond motifs is 2. The molecule has 0 spiro atoms. The lowest BCUT2D eigenvalue weighted by Crippen LogP contribution is -2.43. The molecule has 1 saturated heterocycles. The fourth-order valence-corrected chi connectivity index (χ4v) is 5.90. The predicted octanol–water partition coefficient (Wildman–Crippen LogP) is 2.91. The molecule has 0 amide bonds. The molecule has 3 N–H and O–H groups in total. The Morgan fingerprint density at radius 3 is 2.63 bits per heavy atom. The SMILES string of the molecule is O=c1c(-c2nnc3n2N=C(c2ccc(O)c(O)c2)CS3)cn(C2CC2)c2cc(N3CCNCC3)c(F)cc12. The van der Waals surface area contributed by atoms with Crippen molar-refractivity contribution in [1.29, 1.82) is 0 Å². The fourth-order valence-electron chi connectivity index (χ4n) is 5.06. The van der Waals surface area contributed by atoms with Gasteiger partial charge in [0.05, 0.1) is 22.5 Å². The van der Waals surface area contributed by atoms with Gasteiger partial charge < -0.3 is 25.0 Å². The van der Waals surface area contributed by atoms with E-state index in [-0.39, 0.29) is 28.8 Å². The monoisotopic (exact) mass is 533 g/mol. The molecule has 2 aromatic carbocycles. The van der Waals surface area contributed by atoms with Crippen molar-refractivity contribution in [2.24, 2.45) is 5.10 Å². The largest absolute Gasteiger partial charge is 0.504 e. The highest BCUT2D eigenvalue weighted by Crippen LogP contribution is 2.39. The van der Waals surface area contributed by atoms with Crippen molar-refractivity contribution in [2.75, 3.05) is 36.8 Å². The zero-order valence-electron chi connectivity index (χ0n) is 20.3. The quantitative estimate of drug-likeness (QED) is 0.343. The van der Waals surface area contributed by atoms with Crippen LogP contribution in [0.3, 0.4) is 0 Å². The molecule has 2 aromatic heterocycles. The summed E-state index contributed by atoms with van der Waals surface area (Å²) in [5, 5.41) is 37.0. The molecule has 4 heterocycles. The molecule has 10 nitrogen and oxygen atoms in total. The minimum Gasteiger partial charge on any atom is -0.504 e. The van der Waals surface area contributed by atoms with Crippen LogP contribution < -0.4 is 15.6 Å². The van der Waals surface area contributed by atoms with Gasteiger partial charge in [0.1, 0.15) is 5.82 Å². The van der Waals surface area contributed by atoms with E-state index >= 15 is 4.39 Å². The van der Waals surface area contributed by atoms with Crippen molar-refractivity contribution in [3.05, 3.63) is 58.1 Å². The summed E-state index contributed by atoms with van der Waals surface area (Å²) in [6.07, 6.45) is 3.77. The summed E-state index contributed by atoms with van der Waals surface area (Å²) in [5.74, 6) is -0.114. The number of halogens is 1. The van der Waals surface area contributed by atoms with Gasteiger partial charge in [0.2, 0.25) is 10.6 Å². The zero-order valence-corrected chi connectivity index (χ0v) is 21.1. The van der Waals surface area contributed by atoms with Gasteiger partial charge in [-0.1, -0.05) is 11.8 Å². The van der Waals surface area contributed by atoms with Gasteiger partial charge in [0.15, 0.2) is 17.3 Å². The first-order chi connectivity index (χ1) is 18.5. The molecular formula is C26H24FN7O3S. The van der Waals surface area contributed by atoms with Crippen molar-refractivity contribution in [3.8, 4) is 22.9 Å². The van der Waals surface area contributed by atoms with Crippen LogP contribution >= 0.6 is 11.8 Å². The molecule has 12 heteroatoms. The number of pyridine rings is 1. The van der Waals surface area contributed by atoms with Crippen molar-refractivity contribution in [1.82, 2.24) is 24.8 Å². The van der Waals surface area contributed by atoms with Gasteiger partial charge in [-0.3, -0.25) is 4.79 Å². The van der Waals surface area contributed by atoms with E-state index in [1.165, 1.54) is 34.6 Å². The Bertz CT molecular complexity index is 1690. The van der Waals surface area contributed by atoms with Crippen LogP contribution in [0.15, 0.2) is 51.6 Å². The summed E-state index contributed by atoms with van der Waals surface area (Å²) < 4.78 is 19.0. The highest BCUT2D eigenvalue weighted by atomic mass is 32.2. The van der Waals surface area contributed by atoms with E-state index in [1.54, 1.807) is 12.3 Å². The molecule has 1 aliphatic carbocycles. The molecule has 0 bridgehead atoms. The van der Waals surface area contributed by atoms with Crippen LogP contribution in [-0.4, -0.2) is 67.3 Å². The molecule has 0 atom stereocenters. The number of hydrogen-bond acceptors (Lipinski definition) is 9. The molecule has 1 saturated carbocycles. The number of nitrogens with one attached hydrogen (secondary N) is 1. The lowest BCUT2D eigenvalue weighted by atomic mass is 10.1. The number of hydrogen-bond donors (Lipinski definition) is 3. The second-order valence-corrected chi connectivity index (χ2v) is 10.7. The molecule has 3 aliphatic rings. The maximum atomic E-state index is 15.4. The third-order valence-corrected chi connectivity index (χ3v) is 8.15. The fraction of sp³-hybridized carbons (Fsp3) is 0.308. The van der Waals surface area contributed by atoms with E-state index < -0.39 is 5.82 Å². The summed E-state index contributed by atoms with van der Waals surface area (Å²) in [6.45, 7) is 2.98. The summed E-state index contributed by atoms with van der Waals surface area (Å²) in [6, 6.07) is 7.91. The number of phenolic OH excluding ortho intramolecular Hbond substituents is 2. The first-order valence-corrected chi connectivity index (χ1v) is 13.5. The maximum Gasteiger partial charge on any atom is 0.212 e. The average Bonchev–Trinajstić information content (AvgIpc) is 3.70. The summed E-state index contributed by atoms with van der Waals surface area (Å²) in [5.41, 5.74) is 2.48. The van der Waals surface area contributed by atoms with E-state index in [9.17, 15) is 15.0 Å². The molecule has 194 valence electrons. The second-order valence-electron chi connectivity index (χ2n) is 9.73. The molecule has 2 aliphatic heterocycles. The number of aromatic hydroxyl groups is 2. The molecule has 0 radical (unpaired) electrons. The van der Waals surface area contributed by atoms with Gasteiger partial charge in [0.25, 0.3) is 0 Å². The van der Waals surface area contributed by atoms with Gasteiger partial charge in [-0.15, -0.1) is 10.2 Å². The van der Waals surface area contributed by atoms with Crippen LogP contribution in [-0.2, 0) is 0 Å². The van der Waals surface area contributed by atoms with E-state index in [0.29, 0.717) is 57.4 Å². The van der Waals surface area contributed by atoms with Crippen molar-refractivity contribution >= 4 is 34.1 Å². The molecule has 0 unspecified atom stereocenters. The Balaban J connectivity index is 1.37. The molecule has 38 heavy (non-hydrogen) atoms. The number of thioether (sulfide) groups is 1. The van der Waals surface area contributed by atoms with Gasteiger partial charge in [-0.25, -0.2) is 4.39 Å². The highest BCUT2D eigenvalue weighted by Gasteiger charge is 2.29. The Morgan fingerprint density at radius 1 is 1.05 bits per heavy atom. The molecular weight excluding hydrogens is 509 g/mol. The lowest BCUT2D eigenvalue weighted by Gasteiger charge is -2.30. The van der Waals surface area contributed by atoms with Gasteiger partial charge in [0, 0.05) is 55.1 Å². The van der Waals surface area contributed by atoms with E-state index in [2.05, 4.69) is 25.2 Å². The first-order valence-electron chi connectivity index (χ1n) is 12.5. The topological polar surface area (TPSA) is 121 Å². The normalized spacial score (nSPS) is 17.5. The molecule has 2 fully saturated rings. The van der Waals surface area contributed by atoms with Crippen LogP contribution in [0.1, 0.15) is 24.4 Å². The third-order valence-electron chi connectivity index (χ3n) is 7.22. The second kappa shape index (κ2) is 8.84. The predicted molar refractivity (Wildman–Crippen MR) is 143 cm³/mol. The van der Waals surface area contributed by atoms with E-state index in [0.717, 1.165) is 25.9 Å². The van der Waals surface area contributed by atoms with E-state index in [1.807, 2.05) is 11.0 Å². The average molecular weight is 534 g/mol. The van der Waals surface area contributed by atoms with Gasteiger partial charge >= 0.3 is 0 Å². The van der Waals surface area contributed by atoms with Crippen molar-refractivity contribution in [3.63, 3.8) is 0 Å². The Labute approximate surface area is 220 Å². The van der Waals surface area contributed by atoms with E-state index in [4.69, 9.17) is 0 Å². The number of piperazine rings is 1. The lowest BCUT2D eigenvalue weighted by molar-refractivity contribution is 0.403. The maximum absolute atomic E-state index is 15.4. The summed E-state index contributed by atoms with van der Waals surface area (Å²) in [7, 11) is 0. The molecule has 7 rings (SSSR count). The first kappa shape index (κ1) is 23.2. The number of rotatable bonds is 4.